The van der Waals surface area contributed by atoms with E-state index in [-0.39, 0.29) is 23.3 Å². The Morgan fingerprint density at radius 3 is 3.00 bits per heavy atom. The second-order valence-electron chi connectivity index (χ2n) is 4.97. The summed E-state index contributed by atoms with van der Waals surface area (Å²) in [5, 5.41) is 10.2. The summed E-state index contributed by atoms with van der Waals surface area (Å²) in [6, 6.07) is 5.93. The van der Waals surface area contributed by atoms with Crippen LogP contribution in [0.15, 0.2) is 24.3 Å². The summed E-state index contributed by atoms with van der Waals surface area (Å²) in [5.74, 6) is -0.0980. The summed E-state index contributed by atoms with van der Waals surface area (Å²) in [6.07, 6.45) is 0.0120. The van der Waals surface area contributed by atoms with Crippen molar-refractivity contribution in [2.24, 2.45) is 0 Å². The SMILES string of the molecule is Cc1cc2n(n1)[C@@H](C(=O)Nc1cccc(Cl)c1Cl)CC(=O)N2. The van der Waals surface area contributed by atoms with Crippen molar-refractivity contribution < 1.29 is 9.59 Å². The molecule has 3 rings (SSSR count). The van der Waals surface area contributed by atoms with E-state index in [1.54, 1.807) is 31.2 Å². The maximum absolute atomic E-state index is 12.5. The molecule has 0 saturated carbocycles. The van der Waals surface area contributed by atoms with E-state index in [2.05, 4.69) is 15.7 Å². The molecule has 1 aliphatic rings. The van der Waals surface area contributed by atoms with Crippen molar-refractivity contribution in [2.45, 2.75) is 19.4 Å². The van der Waals surface area contributed by atoms with Gasteiger partial charge in [0.15, 0.2) is 0 Å². The van der Waals surface area contributed by atoms with Crippen molar-refractivity contribution in [3.05, 3.63) is 40.0 Å². The third-order valence-electron chi connectivity index (χ3n) is 3.31. The number of halogens is 2. The van der Waals surface area contributed by atoms with E-state index in [9.17, 15) is 9.59 Å². The molecule has 0 saturated heterocycles. The Morgan fingerprint density at radius 1 is 1.45 bits per heavy atom. The Hall–Kier alpha value is -2.05. The predicted molar refractivity (Wildman–Crippen MR) is 84.3 cm³/mol. The van der Waals surface area contributed by atoms with Gasteiger partial charge in [-0.15, -0.1) is 0 Å². The first-order valence-corrected chi connectivity index (χ1v) is 7.32. The molecule has 0 radical (unpaired) electrons. The lowest BCUT2D eigenvalue weighted by atomic mass is 10.1. The van der Waals surface area contributed by atoms with Gasteiger partial charge in [-0.1, -0.05) is 29.3 Å². The first-order chi connectivity index (χ1) is 10.5. The average molecular weight is 339 g/mol. The van der Waals surface area contributed by atoms with Gasteiger partial charge in [-0.2, -0.15) is 5.10 Å². The van der Waals surface area contributed by atoms with Crippen LogP contribution in [0.3, 0.4) is 0 Å². The van der Waals surface area contributed by atoms with Crippen LogP contribution in [0.25, 0.3) is 0 Å². The molecule has 114 valence electrons. The average Bonchev–Trinajstić information content (AvgIpc) is 2.82. The number of hydrogen-bond acceptors (Lipinski definition) is 3. The molecule has 2 heterocycles. The fourth-order valence-corrected chi connectivity index (χ4v) is 2.67. The number of fused-ring (bicyclic) bond motifs is 1. The normalized spacial score (nSPS) is 16.9. The smallest absolute Gasteiger partial charge is 0.249 e. The molecular weight excluding hydrogens is 327 g/mol. The van der Waals surface area contributed by atoms with E-state index in [1.807, 2.05) is 0 Å². The van der Waals surface area contributed by atoms with Gasteiger partial charge in [-0.3, -0.25) is 9.59 Å². The molecule has 0 bridgehead atoms. The molecule has 6 nitrogen and oxygen atoms in total. The number of hydrogen-bond donors (Lipinski definition) is 2. The lowest BCUT2D eigenvalue weighted by molar-refractivity contribution is -0.125. The number of nitrogens with zero attached hydrogens (tertiary/aromatic N) is 2. The lowest BCUT2D eigenvalue weighted by Crippen LogP contribution is -2.35. The van der Waals surface area contributed by atoms with Gasteiger partial charge in [0.1, 0.15) is 11.9 Å². The van der Waals surface area contributed by atoms with E-state index in [1.165, 1.54) is 4.68 Å². The number of anilines is 2. The van der Waals surface area contributed by atoms with Crippen molar-refractivity contribution in [3.8, 4) is 0 Å². The summed E-state index contributed by atoms with van der Waals surface area (Å²) >= 11 is 12.0. The van der Waals surface area contributed by atoms with Crippen LogP contribution in [0.2, 0.25) is 10.0 Å². The zero-order chi connectivity index (χ0) is 15.9. The van der Waals surface area contributed by atoms with Crippen LogP contribution in [0.1, 0.15) is 18.2 Å². The van der Waals surface area contributed by atoms with Crippen molar-refractivity contribution in [3.63, 3.8) is 0 Å². The number of aryl methyl sites for hydroxylation is 1. The van der Waals surface area contributed by atoms with Gasteiger partial charge >= 0.3 is 0 Å². The van der Waals surface area contributed by atoms with E-state index in [0.717, 1.165) is 5.69 Å². The third kappa shape index (κ3) is 2.67. The number of benzene rings is 1. The van der Waals surface area contributed by atoms with Crippen LogP contribution in [0.5, 0.6) is 0 Å². The molecule has 0 spiro atoms. The highest BCUT2D eigenvalue weighted by Gasteiger charge is 2.31. The monoisotopic (exact) mass is 338 g/mol. The second-order valence-corrected chi connectivity index (χ2v) is 5.76. The second kappa shape index (κ2) is 5.62. The van der Waals surface area contributed by atoms with E-state index >= 15 is 0 Å². The zero-order valence-corrected chi connectivity index (χ0v) is 13.1. The Kier molecular flexibility index (Phi) is 3.80. The minimum atomic E-state index is -0.729. The molecular formula is C14H12Cl2N4O2. The summed E-state index contributed by atoms with van der Waals surface area (Å²) in [7, 11) is 0. The van der Waals surface area contributed by atoms with Crippen LogP contribution in [0, 0.1) is 6.92 Å². The Morgan fingerprint density at radius 2 is 2.23 bits per heavy atom. The van der Waals surface area contributed by atoms with Crippen LogP contribution in [-0.2, 0) is 9.59 Å². The molecule has 1 aromatic heterocycles. The standard InChI is InChI=1S/C14H12Cl2N4O2/c1-7-5-11-18-12(21)6-10(20(11)19-7)14(22)17-9-4-2-3-8(15)13(9)16/h2-5,10H,6H2,1H3,(H,17,22)(H,18,21)/t10-/m1/s1. The van der Waals surface area contributed by atoms with Gasteiger partial charge in [0, 0.05) is 6.07 Å². The Labute approximate surface area is 136 Å². The van der Waals surface area contributed by atoms with Gasteiger partial charge in [0.05, 0.1) is 27.8 Å². The zero-order valence-electron chi connectivity index (χ0n) is 11.6. The number of amides is 2. The fraction of sp³-hybridized carbons (Fsp3) is 0.214. The number of rotatable bonds is 2. The van der Waals surface area contributed by atoms with Crippen LogP contribution in [-0.4, -0.2) is 21.6 Å². The molecule has 0 aliphatic carbocycles. The maximum atomic E-state index is 12.5. The lowest BCUT2D eigenvalue weighted by Gasteiger charge is -2.24. The summed E-state index contributed by atoms with van der Waals surface area (Å²) in [6.45, 7) is 1.79. The fourth-order valence-electron chi connectivity index (χ4n) is 2.32. The molecule has 22 heavy (non-hydrogen) atoms. The van der Waals surface area contributed by atoms with Gasteiger partial charge < -0.3 is 10.6 Å². The number of carbonyl (C=O) groups excluding carboxylic acids is 2. The predicted octanol–water partition coefficient (Wildman–Crippen LogP) is 3.02. The molecule has 0 unspecified atom stereocenters. The van der Waals surface area contributed by atoms with E-state index in [4.69, 9.17) is 23.2 Å². The first-order valence-electron chi connectivity index (χ1n) is 6.56. The molecule has 1 aromatic carbocycles. The van der Waals surface area contributed by atoms with Crippen LogP contribution < -0.4 is 10.6 Å². The van der Waals surface area contributed by atoms with Crippen molar-refractivity contribution in [1.82, 2.24) is 9.78 Å². The van der Waals surface area contributed by atoms with Gasteiger partial charge in [-0.05, 0) is 19.1 Å². The summed E-state index contributed by atoms with van der Waals surface area (Å²) in [4.78, 5) is 24.2. The molecule has 2 amide bonds. The topological polar surface area (TPSA) is 76.0 Å². The molecule has 1 aliphatic heterocycles. The first kappa shape index (κ1) is 14.9. The Bertz CT molecular complexity index is 772. The Balaban J connectivity index is 1.89. The minimum absolute atomic E-state index is 0.0120. The van der Waals surface area contributed by atoms with Crippen molar-refractivity contribution in [2.75, 3.05) is 10.6 Å². The van der Waals surface area contributed by atoms with Gasteiger partial charge in [0.25, 0.3) is 0 Å². The molecule has 0 fully saturated rings. The molecule has 8 heteroatoms. The highest BCUT2D eigenvalue weighted by Crippen LogP contribution is 2.31. The van der Waals surface area contributed by atoms with Crippen LogP contribution in [0.4, 0.5) is 11.5 Å². The largest absolute Gasteiger partial charge is 0.323 e. The maximum Gasteiger partial charge on any atom is 0.249 e. The highest BCUT2D eigenvalue weighted by molar-refractivity contribution is 6.44. The molecule has 2 N–H and O–H groups in total. The summed E-state index contributed by atoms with van der Waals surface area (Å²) < 4.78 is 1.50. The summed E-state index contributed by atoms with van der Waals surface area (Å²) in [5.41, 5.74) is 1.12. The molecule has 1 atom stereocenters. The highest BCUT2D eigenvalue weighted by atomic mass is 35.5. The number of carbonyl (C=O) groups is 2. The van der Waals surface area contributed by atoms with E-state index < -0.39 is 6.04 Å². The number of nitrogens with one attached hydrogen (secondary N) is 2. The van der Waals surface area contributed by atoms with Gasteiger partial charge in [0.2, 0.25) is 11.8 Å². The minimum Gasteiger partial charge on any atom is -0.323 e. The van der Waals surface area contributed by atoms with Crippen molar-refractivity contribution in [1.29, 1.82) is 0 Å². The quantitative estimate of drug-likeness (QED) is 0.883. The van der Waals surface area contributed by atoms with Crippen LogP contribution >= 0.6 is 23.2 Å². The molecule has 2 aromatic rings. The van der Waals surface area contributed by atoms with E-state index in [0.29, 0.717) is 16.5 Å². The van der Waals surface area contributed by atoms with Crippen molar-refractivity contribution >= 4 is 46.5 Å². The third-order valence-corrected chi connectivity index (χ3v) is 4.13. The van der Waals surface area contributed by atoms with Gasteiger partial charge in [-0.25, -0.2) is 4.68 Å². The number of aromatic nitrogens is 2.